The minimum absolute atomic E-state index is 0.233. The Labute approximate surface area is 117 Å². The summed E-state index contributed by atoms with van der Waals surface area (Å²) in [6, 6.07) is 8.34. The summed E-state index contributed by atoms with van der Waals surface area (Å²) >= 11 is 0. The third-order valence-electron chi connectivity index (χ3n) is 3.51. The maximum absolute atomic E-state index is 11.8. The fourth-order valence-corrected chi connectivity index (χ4v) is 3.06. The van der Waals surface area contributed by atoms with Crippen molar-refractivity contribution in [1.82, 2.24) is 0 Å². The summed E-state index contributed by atoms with van der Waals surface area (Å²) in [5.74, 6) is 0.467. The van der Waals surface area contributed by atoms with Gasteiger partial charge in [0.05, 0.1) is 11.0 Å². The second-order valence-electron chi connectivity index (χ2n) is 5.50. The van der Waals surface area contributed by atoms with Gasteiger partial charge in [-0.2, -0.15) is 0 Å². The molecule has 0 saturated heterocycles. The maximum atomic E-state index is 11.8. The van der Waals surface area contributed by atoms with E-state index in [0.29, 0.717) is 13.0 Å². The summed E-state index contributed by atoms with van der Waals surface area (Å²) in [6.45, 7) is 6.04. The molecule has 0 aliphatic rings. The third-order valence-corrected chi connectivity index (χ3v) is 5.75. The van der Waals surface area contributed by atoms with Crippen molar-refractivity contribution in [3.63, 3.8) is 0 Å². The first-order valence-corrected chi connectivity index (χ1v) is 8.54. The maximum Gasteiger partial charge on any atom is 0.152 e. The van der Waals surface area contributed by atoms with Crippen LogP contribution < -0.4 is 5.73 Å². The zero-order valence-corrected chi connectivity index (χ0v) is 12.9. The van der Waals surface area contributed by atoms with E-state index in [0.717, 1.165) is 6.42 Å². The molecule has 0 radical (unpaired) electrons. The van der Waals surface area contributed by atoms with E-state index in [1.807, 2.05) is 0 Å². The van der Waals surface area contributed by atoms with Crippen molar-refractivity contribution in [2.75, 3.05) is 12.3 Å². The van der Waals surface area contributed by atoms with Gasteiger partial charge in [0.25, 0.3) is 0 Å². The average molecular weight is 283 g/mol. The zero-order valence-electron chi connectivity index (χ0n) is 12.1. The largest absolute Gasteiger partial charge is 0.330 e. The van der Waals surface area contributed by atoms with Crippen LogP contribution in [0.4, 0.5) is 0 Å². The Morgan fingerprint density at radius 2 is 1.74 bits per heavy atom. The lowest BCUT2D eigenvalue weighted by molar-refractivity contribution is 0.509. The molecule has 0 heterocycles. The number of aryl methyl sites for hydroxylation is 1. The molecular weight excluding hydrogens is 258 g/mol. The molecule has 1 aromatic rings. The molecule has 0 amide bonds. The molecule has 0 fully saturated rings. The highest BCUT2D eigenvalue weighted by Gasteiger charge is 2.18. The van der Waals surface area contributed by atoms with Crippen LogP contribution in [0.5, 0.6) is 0 Å². The second kappa shape index (κ2) is 7.06. The molecule has 4 heteroatoms. The predicted octanol–water partition coefficient (Wildman–Crippen LogP) is 2.33. The molecule has 0 saturated carbocycles. The van der Waals surface area contributed by atoms with Gasteiger partial charge in [0.2, 0.25) is 0 Å². The molecule has 19 heavy (non-hydrogen) atoms. The number of hydrogen-bond donors (Lipinski definition) is 1. The Morgan fingerprint density at radius 1 is 1.16 bits per heavy atom. The molecule has 0 aliphatic carbocycles. The summed E-state index contributed by atoms with van der Waals surface area (Å²) in [4.78, 5) is 0. The smallest absolute Gasteiger partial charge is 0.152 e. The van der Waals surface area contributed by atoms with Crippen LogP contribution in [0.25, 0.3) is 0 Å². The fourth-order valence-electron chi connectivity index (χ4n) is 1.93. The van der Waals surface area contributed by atoms with Gasteiger partial charge in [-0.1, -0.05) is 29.8 Å². The Balaban J connectivity index is 2.57. The molecular formula is C15H25NO2S. The number of sulfone groups is 1. The van der Waals surface area contributed by atoms with Gasteiger partial charge in [-0.05, 0) is 51.6 Å². The summed E-state index contributed by atoms with van der Waals surface area (Å²) in [7, 11) is -2.96. The minimum atomic E-state index is -2.96. The van der Waals surface area contributed by atoms with Gasteiger partial charge < -0.3 is 5.73 Å². The van der Waals surface area contributed by atoms with E-state index in [4.69, 9.17) is 5.73 Å². The van der Waals surface area contributed by atoms with Crippen molar-refractivity contribution in [1.29, 1.82) is 0 Å². The van der Waals surface area contributed by atoms with E-state index in [9.17, 15) is 8.42 Å². The molecule has 1 rings (SSSR count). The van der Waals surface area contributed by atoms with Gasteiger partial charge >= 0.3 is 0 Å². The van der Waals surface area contributed by atoms with Gasteiger partial charge in [0.15, 0.2) is 9.84 Å². The van der Waals surface area contributed by atoms with Crippen molar-refractivity contribution in [2.45, 2.75) is 38.9 Å². The van der Waals surface area contributed by atoms with Crippen LogP contribution in [0.3, 0.4) is 0 Å². The number of nitrogens with two attached hydrogens (primary N) is 1. The molecule has 1 atom stereocenters. The monoisotopic (exact) mass is 283 g/mol. The first-order chi connectivity index (χ1) is 8.85. The topological polar surface area (TPSA) is 60.2 Å². The van der Waals surface area contributed by atoms with Crippen LogP contribution >= 0.6 is 0 Å². The number of benzene rings is 1. The molecule has 108 valence electrons. The molecule has 3 nitrogen and oxygen atoms in total. The van der Waals surface area contributed by atoms with Crippen LogP contribution in [0, 0.1) is 12.8 Å². The summed E-state index contributed by atoms with van der Waals surface area (Å²) < 4.78 is 23.6. The third kappa shape index (κ3) is 5.33. The van der Waals surface area contributed by atoms with E-state index in [1.54, 1.807) is 13.8 Å². The van der Waals surface area contributed by atoms with E-state index in [-0.39, 0.29) is 16.9 Å². The van der Waals surface area contributed by atoms with Crippen LogP contribution in [0.1, 0.15) is 31.4 Å². The molecule has 1 unspecified atom stereocenters. The quantitative estimate of drug-likeness (QED) is 0.835. The molecule has 0 bridgehead atoms. The standard InChI is InChI=1S/C15H25NO2S/c1-12(2)19(17,18)9-8-15(11-16)10-14-6-4-13(3)5-7-14/h4-7,12,15H,8-11,16H2,1-3H3. The van der Waals surface area contributed by atoms with Gasteiger partial charge in [-0.25, -0.2) is 8.42 Å². The second-order valence-corrected chi connectivity index (χ2v) is 8.17. The molecule has 0 aromatic heterocycles. The normalized spacial score (nSPS) is 13.7. The number of rotatable bonds is 7. The molecule has 0 aliphatic heterocycles. The predicted molar refractivity (Wildman–Crippen MR) is 81.0 cm³/mol. The van der Waals surface area contributed by atoms with E-state index in [2.05, 4.69) is 31.2 Å². The summed E-state index contributed by atoms with van der Waals surface area (Å²) in [5.41, 5.74) is 8.22. The van der Waals surface area contributed by atoms with E-state index >= 15 is 0 Å². The Morgan fingerprint density at radius 3 is 2.21 bits per heavy atom. The lowest BCUT2D eigenvalue weighted by atomic mass is 9.96. The van der Waals surface area contributed by atoms with Gasteiger partial charge in [-0.15, -0.1) is 0 Å². The molecule has 0 spiro atoms. The van der Waals surface area contributed by atoms with E-state index in [1.165, 1.54) is 11.1 Å². The van der Waals surface area contributed by atoms with Gasteiger partial charge in [0.1, 0.15) is 0 Å². The highest BCUT2D eigenvalue weighted by Crippen LogP contribution is 2.15. The Hall–Kier alpha value is -0.870. The van der Waals surface area contributed by atoms with Crippen LogP contribution in [-0.2, 0) is 16.3 Å². The van der Waals surface area contributed by atoms with Crippen LogP contribution in [0.15, 0.2) is 24.3 Å². The highest BCUT2D eigenvalue weighted by atomic mass is 32.2. The lowest BCUT2D eigenvalue weighted by Gasteiger charge is -2.16. The average Bonchev–Trinajstić information content (AvgIpc) is 2.36. The summed E-state index contributed by atoms with van der Waals surface area (Å²) in [6.07, 6.45) is 1.50. The number of hydrogen-bond acceptors (Lipinski definition) is 3. The highest BCUT2D eigenvalue weighted by molar-refractivity contribution is 7.91. The Kier molecular flexibility index (Phi) is 6.01. The van der Waals surface area contributed by atoms with Gasteiger partial charge in [-0.3, -0.25) is 0 Å². The van der Waals surface area contributed by atoms with Crippen molar-refractivity contribution in [3.8, 4) is 0 Å². The molecule has 1 aromatic carbocycles. The zero-order chi connectivity index (χ0) is 14.5. The minimum Gasteiger partial charge on any atom is -0.330 e. The van der Waals surface area contributed by atoms with Crippen LogP contribution in [-0.4, -0.2) is 26.0 Å². The van der Waals surface area contributed by atoms with Gasteiger partial charge in [0, 0.05) is 0 Å². The lowest BCUT2D eigenvalue weighted by Crippen LogP contribution is -2.24. The fraction of sp³-hybridized carbons (Fsp3) is 0.600. The van der Waals surface area contributed by atoms with Crippen LogP contribution in [0.2, 0.25) is 0 Å². The van der Waals surface area contributed by atoms with Crippen molar-refractivity contribution in [2.24, 2.45) is 11.7 Å². The molecule has 2 N–H and O–H groups in total. The first-order valence-electron chi connectivity index (χ1n) is 6.82. The first kappa shape index (κ1) is 16.2. The van der Waals surface area contributed by atoms with Crippen molar-refractivity contribution >= 4 is 9.84 Å². The van der Waals surface area contributed by atoms with Crippen molar-refractivity contribution < 1.29 is 8.42 Å². The SMILES string of the molecule is Cc1ccc(CC(CN)CCS(=O)(=O)C(C)C)cc1. The van der Waals surface area contributed by atoms with Crippen molar-refractivity contribution in [3.05, 3.63) is 35.4 Å². The van der Waals surface area contributed by atoms with E-state index < -0.39 is 9.84 Å². The Bertz CT molecular complexity index is 477. The summed E-state index contributed by atoms with van der Waals surface area (Å²) in [5, 5.41) is -0.301.